The van der Waals surface area contributed by atoms with Gasteiger partial charge in [-0.25, -0.2) is 13.2 Å². The number of pyridine rings is 1. The summed E-state index contributed by atoms with van der Waals surface area (Å²) in [6, 6.07) is 10.4. The van der Waals surface area contributed by atoms with Crippen molar-refractivity contribution in [1.82, 2.24) is 14.5 Å². The van der Waals surface area contributed by atoms with Gasteiger partial charge in [-0.15, -0.1) is 0 Å². The molecule has 1 amide bonds. The Morgan fingerprint density at radius 3 is 2.55 bits per heavy atom. The first-order chi connectivity index (χ1) is 14.7. The summed E-state index contributed by atoms with van der Waals surface area (Å²) < 4.78 is 28.5. The van der Waals surface area contributed by atoms with E-state index in [4.69, 9.17) is 0 Å². The zero-order valence-corrected chi connectivity index (χ0v) is 18.9. The molecule has 0 N–H and O–H groups in total. The third-order valence-corrected chi connectivity index (χ3v) is 7.98. The minimum absolute atomic E-state index is 0.285. The number of para-hydroxylation sites is 1. The lowest BCUT2D eigenvalue weighted by Gasteiger charge is -2.26. The molecule has 4 rings (SSSR count). The van der Waals surface area contributed by atoms with Crippen LogP contribution >= 0.6 is 11.9 Å². The normalized spacial score (nSPS) is 19.0. The van der Waals surface area contributed by atoms with Crippen LogP contribution in [0.3, 0.4) is 0 Å². The Kier molecular flexibility index (Phi) is 5.52. The lowest BCUT2D eigenvalue weighted by atomic mass is 9.98. The van der Waals surface area contributed by atoms with Gasteiger partial charge in [0.05, 0.1) is 23.3 Å². The van der Waals surface area contributed by atoms with E-state index in [1.54, 1.807) is 67.2 Å². The van der Waals surface area contributed by atoms with Crippen molar-refractivity contribution in [3.05, 3.63) is 60.6 Å². The van der Waals surface area contributed by atoms with Crippen LogP contribution in [0, 0.1) is 5.92 Å². The molecule has 8 nitrogen and oxygen atoms in total. The number of hydrogen-bond donors (Lipinski definition) is 0. The smallest absolute Gasteiger partial charge is 0.328 e. The summed E-state index contributed by atoms with van der Waals surface area (Å²) >= 11 is 1.30. The third kappa shape index (κ3) is 3.81. The highest BCUT2D eigenvalue weighted by molar-refractivity contribution is 8.02. The van der Waals surface area contributed by atoms with Crippen LogP contribution in [0.2, 0.25) is 0 Å². The van der Waals surface area contributed by atoms with Gasteiger partial charge in [-0.2, -0.15) is 0 Å². The van der Waals surface area contributed by atoms with E-state index in [-0.39, 0.29) is 11.8 Å². The van der Waals surface area contributed by atoms with Crippen molar-refractivity contribution in [2.45, 2.75) is 5.37 Å². The van der Waals surface area contributed by atoms with E-state index < -0.39 is 21.1 Å². The molecular formula is C21H22N4O4S2. The molecule has 1 fully saturated rings. The fourth-order valence-corrected chi connectivity index (χ4v) is 7.08. The highest BCUT2D eigenvalue weighted by atomic mass is 32.2. The summed E-state index contributed by atoms with van der Waals surface area (Å²) in [5, 5.41) is -0.402. The molecule has 0 radical (unpaired) electrons. The van der Waals surface area contributed by atoms with Gasteiger partial charge >= 0.3 is 6.03 Å². The maximum absolute atomic E-state index is 13.6. The maximum Gasteiger partial charge on any atom is 0.328 e. The highest BCUT2D eigenvalue weighted by Gasteiger charge is 2.46. The predicted molar refractivity (Wildman–Crippen MR) is 122 cm³/mol. The van der Waals surface area contributed by atoms with Gasteiger partial charge < -0.3 is 4.90 Å². The molecule has 162 valence electrons. The van der Waals surface area contributed by atoms with Crippen LogP contribution in [0.4, 0.5) is 10.5 Å². The molecule has 1 aliphatic heterocycles. The van der Waals surface area contributed by atoms with E-state index in [0.29, 0.717) is 27.9 Å². The lowest BCUT2D eigenvalue weighted by Crippen LogP contribution is -2.40. The number of aromatic nitrogens is 2. The zero-order valence-electron chi connectivity index (χ0n) is 17.3. The number of amides is 1. The standard InChI is InChI=1S/C21H22N4O4S2/c1-23(2)21(27)24-12-16(15-8-4-5-9-18(15)24)19(26)17-13-30-25(20(17)31(3,28)29)14-7-6-10-22-11-14/h4-12,17,20H,13H2,1-3H3. The molecule has 2 unspecified atom stereocenters. The number of Topliss-reactive ketones (excluding diaryl/α,β-unsaturated/α-hetero) is 1. The number of carbonyl (C=O) groups excluding carboxylic acids is 2. The Balaban J connectivity index is 1.79. The second-order valence-electron chi connectivity index (χ2n) is 7.63. The molecule has 2 atom stereocenters. The average Bonchev–Trinajstić information content (AvgIpc) is 3.36. The van der Waals surface area contributed by atoms with Gasteiger partial charge in [0.1, 0.15) is 0 Å². The molecule has 3 heterocycles. The van der Waals surface area contributed by atoms with Crippen molar-refractivity contribution < 1.29 is 18.0 Å². The molecule has 31 heavy (non-hydrogen) atoms. The number of sulfone groups is 1. The number of carbonyl (C=O) groups is 2. The van der Waals surface area contributed by atoms with Crippen LogP contribution in [-0.4, -0.2) is 66.2 Å². The predicted octanol–water partition coefficient (Wildman–Crippen LogP) is 2.90. The van der Waals surface area contributed by atoms with Crippen LogP contribution in [-0.2, 0) is 9.84 Å². The summed E-state index contributed by atoms with van der Waals surface area (Å²) in [6.45, 7) is 0. The molecule has 10 heteroatoms. The molecule has 1 aliphatic rings. The lowest BCUT2D eigenvalue weighted by molar-refractivity contribution is 0.0935. The van der Waals surface area contributed by atoms with Crippen LogP contribution < -0.4 is 4.31 Å². The fourth-order valence-electron chi connectivity index (χ4n) is 3.81. The summed E-state index contributed by atoms with van der Waals surface area (Å²) in [5.41, 5.74) is 1.58. The first kappa shape index (κ1) is 21.4. The summed E-state index contributed by atoms with van der Waals surface area (Å²) in [5.74, 6) is -0.767. The van der Waals surface area contributed by atoms with Gasteiger partial charge in [-0.1, -0.05) is 18.2 Å². The van der Waals surface area contributed by atoms with Gasteiger partial charge in [-0.3, -0.25) is 18.7 Å². The second-order valence-corrected chi connectivity index (χ2v) is 10.8. The Hall–Kier alpha value is -2.85. The first-order valence-electron chi connectivity index (χ1n) is 9.57. The Labute approximate surface area is 184 Å². The van der Waals surface area contributed by atoms with Crippen molar-refractivity contribution in [2.24, 2.45) is 5.92 Å². The first-order valence-corrected chi connectivity index (χ1v) is 12.5. The van der Waals surface area contributed by atoms with Crippen LogP contribution in [0.25, 0.3) is 10.9 Å². The Morgan fingerprint density at radius 2 is 1.90 bits per heavy atom. The van der Waals surface area contributed by atoms with Crippen LogP contribution in [0.1, 0.15) is 10.4 Å². The van der Waals surface area contributed by atoms with Gasteiger partial charge in [0, 0.05) is 49.4 Å². The minimum atomic E-state index is -3.60. The van der Waals surface area contributed by atoms with Gasteiger partial charge in [-0.05, 0) is 30.1 Å². The molecule has 0 spiro atoms. The second kappa shape index (κ2) is 8.01. The largest absolute Gasteiger partial charge is 0.330 e. The third-order valence-electron chi connectivity index (χ3n) is 5.21. The molecule has 0 aliphatic carbocycles. The van der Waals surface area contributed by atoms with E-state index >= 15 is 0 Å². The molecule has 1 aromatic carbocycles. The van der Waals surface area contributed by atoms with Crippen molar-refractivity contribution in [3.63, 3.8) is 0 Å². The van der Waals surface area contributed by atoms with E-state index in [1.807, 2.05) is 0 Å². The van der Waals surface area contributed by atoms with E-state index in [2.05, 4.69) is 4.98 Å². The van der Waals surface area contributed by atoms with Crippen molar-refractivity contribution >= 4 is 50.2 Å². The number of anilines is 1. The quantitative estimate of drug-likeness (QED) is 0.438. The van der Waals surface area contributed by atoms with Crippen molar-refractivity contribution in [3.8, 4) is 0 Å². The van der Waals surface area contributed by atoms with E-state index in [9.17, 15) is 18.0 Å². The van der Waals surface area contributed by atoms with E-state index in [1.165, 1.54) is 27.6 Å². The van der Waals surface area contributed by atoms with E-state index in [0.717, 1.165) is 6.26 Å². The number of fused-ring (bicyclic) bond motifs is 1. The van der Waals surface area contributed by atoms with Crippen molar-refractivity contribution in [1.29, 1.82) is 0 Å². The molecule has 2 aromatic heterocycles. The Morgan fingerprint density at radius 1 is 1.16 bits per heavy atom. The van der Waals surface area contributed by atoms with Crippen molar-refractivity contribution in [2.75, 3.05) is 30.4 Å². The zero-order chi connectivity index (χ0) is 22.3. The monoisotopic (exact) mass is 458 g/mol. The molecule has 1 saturated heterocycles. The minimum Gasteiger partial charge on any atom is -0.330 e. The highest BCUT2D eigenvalue weighted by Crippen LogP contribution is 2.41. The molecule has 0 saturated carbocycles. The average molecular weight is 459 g/mol. The molecule has 3 aromatic rings. The summed E-state index contributed by atoms with van der Waals surface area (Å²) in [4.78, 5) is 31.8. The summed E-state index contributed by atoms with van der Waals surface area (Å²) in [6.07, 6.45) is 5.86. The number of ketones is 1. The summed E-state index contributed by atoms with van der Waals surface area (Å²) in [7, 11) is -0.331. The number of benzene rings is 1. The topological polar surface area (TPSA) is 92.6 Å². The molecule has 0 bridgehead atoms. The van der Waals surface area contributed by atoms with Gasteiger partial charge in [0.25, 0.3) is 0 Å². The maximum atomic E-state index is 13.6. The van der Waals surface area contributed by atoms with Gasteiger partial charge in [0.15, 0.2) is 21.0 Å². The SMILES string of the molecule is CN(C)C(=O)n1cc(C(=O)C2CSN(c3cccnc3)C2S(C)(=O)=O)c2ccccc21. The van der Waals surface area contributed by atoms with Crippen LogP contribution in [0.15, 0.2) is 55.0 Å². The Bertz CT molecular complexity index is 1250. The molecular weight excluding hydrogens is 436 g/mol. The number of hydrogen-bond acceptors (Lipinski definition) is 7. The fraction of sp³-hybridized carbons (Fsp3) is 0.286. The van der Waals surface area contributed by atoms with Gasteiger partial charge in [0.2, 0.25) is 0 Å². The number of rotatable bonds is 4. The van der Waals surface area contributed by atoms with Crippen LogP contribution in [0.5, 0.6) is 0 Å². The number of nitrogens with zero attached hydrogens (tertiary/aromatic N) is 4.